The van der Waals surface area contributed by atoms with Crippen LogP contribution in [0.15, 0.2) is 0 Å². The highest BCUT2D eigenvalue weighted by molar-refractivity contribution is 4.96. The average Bonchev–Trinajstić information content (AvgIpc) is 2.89. The summed E-state index contributed by atoms with van der Waals surface area (Å²) < 4.78 is 10.9. The fourth-order valence-electron chi connectivity index (χ4n) is 2.36. The molecule has 0 unspecified atom stereocenters. The van der Waals surface area contributed by atoms with Gasteiger partial charge in [0.15, 0.2) is 0 Å². The fourth-order valence-corrected chi connectivity index (χ4v) is 2.36. The number of ether oxygens (including phenoxy) is 2. The van der Waals surface area contributed by atoms with E-state index in [9.17, 15) is 10.2 Å². The van der Waals surface area contributed by atoms with Gasteiger partial charge >= 0.3 is 0 Å². The normalized spacial score (nSPS) is 40.3. The Labute approximate surface area is 83.8 Å². The van der Waals surface area contributed by atoms with E-state index < -0.39 is 11.7 Å². The van der Waals surface area contributed by atoms with Gasteiger partial charge in [0, 0.05) is 13.2 Å². The summed E-state index contributed by atoms with van der Waals surface area (Å²) in [7, 11) is 0. The van der Waals surface area contributed by atoms with E-state index in [-0.39, 0.29) is 12.7 Å². The van der Waals surface area contributed by atoms with Crippen molar-refractivity contribution >= 4 is 0 Å². The molecule has 0 aromatic carbocycles. The van der Waals surface area contributed by atoms with E-state index in [1.54, 1.807) is 0 Å². The molecule has 0 radical (unpaired) electrons. The first kappa shape index (κ1) is 10.4. The van der Waals surface area contributed by atoms with E-state index >= 15 is 0 Å². The van der Waals surface area contributed by atoms with Crippen LogP contribution in [0, 0.1) is 0 Å². The minimum atomic E-state index is -0.755. The van der Waals surface area contributed by atoms with Gasteiger partial charge in [-0.05, 0) is 25.7 Å². The molecule has 4 heteroatoms. The van der Waals surface area contributed by atoms with Crippen molar-refractivity contribution in [1.29, 1.82) is 0 Å². The first-order valence-electron chi connectivity index (χ1n) is 5.33. The van der Waals surface area contributed by atoms with Crippen molar-refractivity contribution in [2.75, 3.05) is 19.8 Å². The molecule has 2 fully saturated rings. The predicted molar refractivity (Wildman–Crippen MR) is 50.0 cm³/mol. The minimum Gasteiger partial charge on any atom is -0.393 e. The molecule has 82 valence electrons. The summed E-state index contributed by atoms with van der Waals surface area (Å²) >= 11 is 0. The van der Waals surface area contributed by atoms with Gasteiger partial charge in [0.2, 0.25) is 0 Å². The van der Waals surface area contributed by atoms with Crippen LogP contribution < -0.4 is 0 Å². The second kappa shape index (κ2) is 4.14. The molecule has 0 amide bonds. The summed E-state index contributed by atoms with van der Waals surface area (Å²) in [6.07, 6.45) is 2.66. The Balaban J connectivity index is 2.02. The number of aliphatic hydroxyl groups is 2. The van der Waals surface area contributed by atoms with Gasteiger partial charge in [-0.1, -0.05) is 0 Å². The van der Waals surface area contributed by atoms with Crippen molar-refractivity contribution in [1.82, 2.24) is 0 Å². The molecule has 3 atom stereocenters. The maximum atomic E-state index is 10.1. The van der Waals surface area contributed by atoms with E-state index in [4.69, 9.17) is 9.47 Å². The zero-order chi connectivity index (χ0) is 10.0. The van der Waals surface area contributed by atoms with Crippen LogP contribution in [0.1, 0.15) is 25.7 Å². The highest BCUT2D eigenvalue weighted by Crippen LogP contribution is 2.33. The van der Waals surface area contributed by atoms with Gasteiger partial charge in [0.1, 0.15) is 11.7 Å². The molecule has 0 aromatic rings. The Morgan fingerprint density at radius 2 is 2.21 bits per heavy atom. The fraction of sp³-hybridized carbons (Fsp3) is 1.00. The van der Waals surface area contributed by atoms with E-state index in [0.717, 1.165) is 25.7 Å². The van der Waals surface area contributed by atoms with Gasteiger partial charge in [-0.2, -0.15) is 0 Å². The van der Waals surface area contributed by atoms with Gasteiger partial charge in [-0.25, -0.2) is 0 Å². The summed E-state index contributed by atoms with van der Waals surface area (Å²) in [6.45, 7) is 1.22. The SMILES string of the molecule is OC[C@@]1([C@@H](O)[C@@H]2CCCO2)CCCO1. The van der Waals surface area contributed by atoms with Gasteiger partial charge in [-0.3, -0.25) is 0 Å². The summed E-state index contributed by atoms with van der Waals surface area (Å²) in [6, 6.07) is 0. The molecule has 0 aliphatic carbocycles. The third-order valence-corrected chi connectivity index (χ3v) is 3.26. The second-order valence-corrected chi connectivity index (χ2v) is 4.17. The van der Waals surface area contributed by atoms with Crippen LogP contribution in [0.25, 0.3) is 0 Å². The number of rotatable bonds is 3. The van der Waals surface area contributed by atoms with Crippen molar-refractivity contribution in [2.45, 2.75) is 43.5 Å². The smallest absolute Gasteiger partial charge is 0.119 e. The Morgan fingerprint density at radius 3 is 2.71 bits per heavy atom. The minimum absolute atomic E-state index is 0.117. The molecule has 4 nitrogen and oxygen atoms in total. The van der Waals surface area contributed by atoms with E-state index in [1.807, 2.05) is 0 Å². The molecule has 14 heavy (non-hydrogen) atoms. The topological polar surface area (TPSA) is 58.9 Å². The molecular formula is C10H18O4. The predicted octanol–water partition coefficient (Wildman–Crippen LogP) is 0.0678. The molecular weight excluding hydrogens is 184 g/mol. The molecule has 2 rings (SSSR count). The van der Waals surface area contributed by atoms with Crippen LogP contribution in [-0.4, -0.2) is 47.8 Å². The number of hydrogen-bond donors (Lipinski definition) is 2. The number of aliphatic hydroxyl groups excluding tert-OH is 2. The van der Waals surface area contributed by atoms with Gasteiger partial charge in [-0.15, -0.1) is 0 Å². The summed E-state index contributed by atoms with van der Waals surface area (Å²) in [5.41, 5.74) is -0.755. The molecule has 0 spiro atoms. The third kappa shape index (κ3) is 1.67. The van der Waals surface area contributed by atoms with Crippen molar-refractivity contribution < 1.29 is 19.7 Å². The molecule has 2 N–H and O–H groups in total. The van der Waals surface area contributed by atoms with Crippen LogP contribution in [0.4, 0.5) is 0 Å². The van der Waals surface area contributed by atoms with Gasteiger partial charge in [0.25, 0.3) is 0 Å². The molecule has 2 aliphatic heterocycles. The summed E-state index contributed by atoms with van der Waals surface area (Å²) in [4.78, 5) is 0. The van der Waals surface area contributed by atoms with Gasteiger partial charge < -0.3 is 19.7 Å². The van der Waals surface area contributed by atoms with Crippen LogP contribution in [0.2, 0.25) is 0 Å². The molecule has 0 aromatic heterocycles. The maximum Gasteiger partial charge on any atom is 0.119 e. The van der Waals surface area contributed by atoms with Crippen molar-refractivity contribution in [3.63, 3.8) is 0 Å². The molecule has 2 saturated heterocycles. The largest absolute Gasteiger partial charge is 0.393 e. The van der Waals surface area contributed by atoms with E-state index in [2.05, 4.69) is 0 Å². The van der Waals surface area contributed by atoms with Crippen molar-refractivity contribution in [3.05, 3.63) is 0 Å². The molecule has 0 saturated carbocycles. The quantitative estimate of drug-likeness (QED) is 0.680. The van der Waals surface area contributed by atoms with E-state index in [0.29, 0.717) is 13.2 Å². The molecule has 2 heterocycles. The average molecular weight is 202 g/mol. The highest BCUT2D eigenvalue weighted by atomic mass is 16.5. The third-order valence-electron chi connectivity index (χ3n) is 3.26. The highest BCUT2D eigenvalue weighted by Gasteiger charge is 2.46. The Morgan fingerprint density at radius 1 is 1.36 bits per heavy atom. The zero-order valence-corrected chi connectivity index (χ0v) is 8.32. The van der Waals surface area contributed by atoms with Crippen molar-refractivity contribution in [2.24, 2.45) is 0 Å². The molecule has 0 bridgehead atoms. The Kier molecular flexibility index (Phi) is 3.07. The molecule has 2 aliphatic rings. The Bertz CT molecular complexity index is 183. The standard InChI is InChI=1S/C10H18O4/c11-7-10(4-2-6-14-10)9(12)8-3-1-5-13-8/h8-9,11-12H,1-7H2/t8-,9-,10+/m0/s1. The maximum absolute atomic E-state index is 10.1. The second-order valence-electron chi connectivity index (χ2n) is 4.17. The van der Waals surface area contributed by atoms with Crippen LogP contribution in [-0.2, 0) is 9.47 Å². The Hall–Kier alpha value is -0.160. The number of hydrogen-bond acceptors (Lipinski definition) is 4. The lowest BCUT2D eigenvalue weighted by Crippen LogP contribution is -2.51. The lowest BCUT2D eigenvalue weighted by atomic mass is 9.89. The first-order valence-corrected chi connectivity index (χ1v) is 5.33. The first-order chi connectivity index (χ1) is 6.78. The monoisotopic (exact) mass is 202 g/mol. The van der Waals surface area contributed by atoms with Crippen molar-refractivity contribution in [3.8, 4) is 0 Å². The zero-order valence-electron chi connectivity index (χ0n) is 8.32. The van der Waals surface area contributed by atoms with Crippen LogP contribution in [0.3, 0.4) is 0 Å². The van der Waals surface area contributed by atoms with Gasteiger partial charge in [0.05, 0.1) is 12.7 Å². The van der Waals surface area contributed by atoms with Crippen LogP contribution in [0.5, 0.6) is 0 Å². The lowest BCUT2D eigenvalue weighted by Gasteiger charge is -2.34. The summed E-state index contributed by atoms with van der Waals surface area (Å²) in [5, 5.41) is 19.4. The van der Waals surface area contributed by atoms with E-state index in [1.165, 1.54) is 0 Å². The van der Waals surface area contributed by atoms with Crippen LogP contribution >= 0.6 is 0 Å². The summed E-state index contributed by atoms with van der Waals surface area (Å²) in [5.74, 6) is 0. The lowest BCUT2D eigenvalue weighted by molar-refractivity contribution is -0.155.